The second kappa shape index (κ2) is 10.7. The smallest absolute Gasteiger partial charge is 0.191 e. The highest BCUT2D eigenvalue weighted by Crippen LogP contribution is 2.09. The first kappa shape index (κ1) is 21.8. The number of nitrogens with zero attached hydrogens (tertiary/aromatic N) is 3. The lowest BCUT2D eigenvalue weighted by Crippen LogP contribution is -2.37. The van der Waals surface area contributed by atoms with Gasteiger partial charge in [0.15, 0.2) is 5.96 Å². The first-order valence-corrected chi connectivity index (χ1v) is 8.63. The highest BCUT2D eigenvalue weighted by Gasteiger charge is 2.03. The van der Waals surface area contributed by atoms with Gasteiger partial charge in [-0.05, 0) is 48.0 Å². The van der Waals surface area contributed by atoms with Crippen LogP contribution in [0.3, 0.4) is 0 Å². The zero-order chi connectivity index (χ0) is 19.1. The van der Waals surface area contributed by atoms with E-state index < -0.39 is 0 Å². The van der Waals surface area contributed by atoms with Crippen molar-refractivity contribution in [1.82, 2.24) is 20.4 Å². The van der Waals surface area contributed by atoms with E-state index in [-0.39, 0.29) is 35.6 Å². The number of aromatic nitrogens is 2. The van der Waals surface area contributed by atoms with Gasteiger partial charge in [0.05, 0.1) is 11.4 Å². The molecule has 1 heterocycles. The molecule has 1 aromatic heterocycles. The quantitative estimate of drug-likeness (QED) is 0.311. The molecule has 0 aliphatic rings. The van der Waals surface area contributed by atoms with E-state index in [1.54, 1.807) is 29.9 Å². The van der Waals surface area contributed by atoms with Gasteiger partial charge in [0.1, 0.15) is 11.6 Å². The summed E-state index contributed by atoms with van der Waals surface area (Å²) >= 11 is 0. The molecule has 0 saturated carbocycles. The molecule has 0 bridgehead atoms. The highest BCUT2D eigenvalue weighted by atomic mass is 127. The lowest BCUT2D eigenvalue weighted by molar-refractivity contribution is 0.624. The molecule has 148 valence electrons. The van der Waals surface area contributed by atoms with E-state index in [2.05, 4.69) is 20.7 Å². The minimum Gasteiger partial charge on any atom is -0.356 e. The summed E-state index contributed by atoms with van der Waals surface area (Å²) in [6.45, 7) is 1.12. The molecule has 0 spiro atoms. The minimum atomic E-state index is -0.271. The van der Waals surface area contributed by atoms with Gasteiger partial charge < -0.3 is 10.6 Å². The van der Waals surface area contributed by atoms with Gasteiger partial charge in [-0.3, -0.25) is 4.99 Å². The summed E-state index contributed by atoms with van der Waals surface area (Å²) < 4.78 is 27.9. The number of rotatable bonds is 6. The Bertz CT molecular complexity index is 909. The normalized spacial score (nSPS) is 11.0. The predicted molar refractivity (Wildman–Crippen MR) is 117 cm³/mol. The summed E-state index contributed by atoms with van der Waals surface area (Å²) in [6, 6.07) is 14.5. The Kier molecular flexibility index (Phi) is 8.37. The molecule has 2 aromatic carbocycles. The van der Waals surface area contributed by atoms with E-state index in [0.717, 1.165) is 16.9 Å². The molecule has 0 radical (unpaired) electrons. The van der Waals surface area contributed by atoms with Crippen LogP contribution in [0.15, 0.2) is 65.8 Å². The van der Waals surface area contributed by atoms with Gasteiger partial charge in [-0.1, -0.05) is 12.1 Å². The third kappa shape index (κ3) is 6.29. The van der Waals surface area contributed by atoms with Crippen LogP contribution in [0.4, 0.5) is 8.78 Å². The minimum absolute atomic E-state index is 0. The lowest BCUT2D eigenvalue weighted by Gasteiger charge is -2.11. The summed E-state index contributed by atoms with van der Waals surface area (Å²) in [5.74, 6) is 0.110. The van der Waals surface area contributed by atoms with Crippen LogP contribution in [-0.2, 0) is 13.0 Å². The fourth-order valence-electron chi connectivity index (χ4n) is 2.59. The van der Waals surface area contributed by atoms with Gasteiger partial charge in [0.2, 0.25) is 0 Å². The van der Waals surface area contributed by atoms with Crippen LogP contribution >= 0.6 is 24.0 Å². The monoisotopic (exact) mass is 497 g/mol. The largest absolute Gasteiger partial charge is 0.356 e. The molecule has 8 heteroatoms. The number of guanidine groups is 1. The molecular formula is C20H22F2IN5. The van der Waals surface area contributed by atoms with Crippen LogP contribution in [0.25, 0.3) is 5.69 Å². The van der Waals surface area contributed by atoms with Gasteiger partial charge in [-0.25, -0.2) is 13.5 Å². The first-order valence-electron chi connectivity index (χ1n) is 8.63. The SMILES string of the molecule is CN=C(NCCc1ccn(-c2ccc(F)cc2)n1)NCc1cccc(F)c1.I. The Hall–Kier alpha value is -2.49. The molecule has 0 amide bonds. The molecule has 0 atom stereocenters. The number of hydrogen-bond donors (Lipinski definition) is 2. The van der Waals surface area contributed by atoms with E-state index in [1.807, 2.05) is 18.3 Å². The maximum Gasteiger partial charge on any atom is 0.191 e. The van der Waals surface area contributed by atoms with Crippen molar-refractivity contribution in [3.05, 3.63) is 83.7 Å². The average Bonchev–Trinajstić information content (AvgIpc) is 3.14. The van der Waals surface area contributed by atoms with Crippen molar-refractivity contribution in [2.75, 3.05) is 13.6 Å². The molecule has 2 N–H and O–H groups in total. The maximum absolute atomic E-state index is 13.2. The van der Waals surface area contributed by atoms with E-state index in [9.17, 15) is 8.78 Å². The molecule has 0 fully saturated rings. The van der Waals surface area contributed by atoms with Crippen LogP contribution < -0.4 is 10.6 Å². The molecule has 0 unspecified atom stereocenters. The molecule has 0 saturated heterocycles. The summed E-state index contributed by atoms with van der Waals surface area (Å²) in [5, 5.41) is 10.8. The Labute approximate surface area is 179 Å². The maximum atomic E-state index is 13.2. The second-order valence-corrected chi connectivity index (χ2v) is 5.96. The zero-order valence-electron chi connectivity index (χ0n) is 15.4. The number of halogens is 3. The molecule has 0 aliphatic carbocycles. The van der Waals surface area contributed by atoms with Gasteiger partial charge >= 0.3 is 0 Å². The summed E-state index contributed by atoms with van der Waals surface area (Å²) in [6.07, 6.45) is 2.55. The van der Waals surface area contributed by atoms with Crippen molar-refractivity contribution in [2.45, 2.75) is 13.0 Å². The zero-order valence-corrected chi connectivity index (χ0v) is 17.7. The first-order chi connectivity index (χ1) is 13.1. The van der Waals surface area contributed by atoms with Crippen LogP contribution in [0, 0.1) is 11.6 Å². The number of benzene rings is 2. The summed E-state index contributed by atoms with van der Waals surface area (Å²) in [7, 11) is 1.68. The third-order valence-corrected chi connectivity index (χ3v) is 3.98. The molecule has 5 nitrogen and oxygen atoms in total. The van der Waals surface area contributed by atoms with E-state index in [1.165, 1.54) is 24.3 Å². The van der Waals surface area contributed by atoms with E-state index in [4.69, 9.17) is 0 Å². The Morgan fingerprint density at radius 2 is 1.82 bits per heavy atom. The molecule has 3 aromatic rings. The molecular weight excluding hydrogens is 475 g/mol. The topological polar surface area (TPSA) is 54.2 Å². The van der Waals surface area contributed by atoms with Gasteiger partial charge in [-0.2, -0.15) is 5.10 Å². The Balaban J connectivity index is 0.00000280. The van der Waals surface area contributed by atoms with E-state index >= 15 is 0 Å². The molecule has 3 rings (SSSR count). The van der Waals surface area contributed by atoms with Crippen molar-refractivity contribution in [3.8, 4) is 5.69 Å². The summed E-state index contributed by atoms with van der Waals surface area (Å²) in [5.41, 5.74) is 2.56. The van der Waals surface area contributed by atoms with Gasteiger partial charge in [0, 0.05) is 32.8 Å². The van der Waals surface area contributed by atoms with Crippen LogP contribution in [0.5, 0.6) is 0 Å². The van der Waals surface area contributed by atoms with Crippen LogP contribution in [0.1, 0.15) is 11.3 Å². The Morgan fingerprint density at radius 1 is 1.04 bits per heavy atom. The van der Waals surface area contributed by atoms with Crippen LogP contribution in [0.2, 0.25) is 0 Å². The standard InChI is InChI=1S/C20H21F2N5.HI/c1-23-20(25-14-15-3-2-4-17(22)13-15)24-11-9-18-10-12-27(26-18)19-7-5-16(21)6-8-19;/h2-8,10,12-13H,9,11,14H2,1H3,(H2,23,24,25);1H. The summed E-state index contributed by atoms with van der Waals surface area (Å²) in [4.78, 5) is 4.16. The number of hydrogen-bond acceptors (Lipinski definition) is 2. The van der Waals surface area contributed by atoms with E-state index in [0.29, 0.717) is 25.5 Å². The number of nitrogens with one attached hydrogen (secondary N) is 2. The van der Waals surface area contributed by atoms with Crippen LogP contribution in [-0.4, -0.2) is 29.3 Å². The third-order valence-electron chi connectivity index (χ3n) is 3.98. The second-order valence-electron chi connectivity index (χ2n) is 5.96. The van der Waals surface area contributed by atoms with Crippen molar-refractivity contribution in [1.29, 1.82) is 0 Å². The number of aliphatic imine (C=N–C) groups is 1. The molecule has 28 heavy (non-hydrogen) atoms. The Morgan fingerprint density at radius 3 is 2.54 bits per heavy atom. The average molecular weight is 497 g/mol. The van der Waals surface area contributed by atoms with Crippen molar-refractivity contribution in [2.24, 2.45) is 4.99 Å². The fraction of sp³-hybridized carbons (Fsp3) is 0.200. The predicted octanol–water partition coefficient (Wildman–Crippen LogP) is 3.68. The van der Waals surface area contributed by atoms with Crippen molar-refractivity contribution >= 4 is 29.9 Å². The van der Waals surface area contributed by atoms with Gasteiger partial charge in [0.25, 0.3) is 0 Å². The lowest BCUT2D eigenvalue weighted by atomic mass is 10.2. The van der Waals surface area contributed by atoms with Gasteiger partial charge in [-0.15, -0.1) is 24.0 Å². The highest BCUT2D eigenvalue weighted by molar-refractivity contribution is 14.0. The fourth-order valence-corrected chi connectivity index (χ4v) is 2.59. The molecule has 0 aliphatic heterocycles. The van der Waals surface area contributed by atoms with Crippen molar-refractivity contribution < 1.29 is 8.78 Å². The van der Waals surface area contributed by atoms with Crippen molar-refractivity contribution in [3.63, 3.8) is 0 Å².